The molecule has 54 valence electrons. The van der Waals surface area contributed by atoms with Crippen LogP contribution in [0.25, 0.3) is 0 Å². The topological polar surface area (TPSA) is 53.0 Å². The summed E-state index contributed by atoms with van der Waals surface area (Å²) in [7, 11) is 0. The Kier molecular flexibility index (Phi) is 2.05. The zero-order valence-electron chi connectivity index (χ0n) is 5.45. The zero-order chi connectivity index (χ0) is 6.85. The molecule has 3 unspecified atom stereocenters. The number of aliphatic hydroxyl groups excluding tert-OH is 2. The Morgan fingerprint density at radius 2 is 2.33 bits per heavy atom. The smallest absolute Gasteiger partial charge is 0.112 e. The summed E-state index contributed by atoms with van der Waals surface area (Å²) in [6.45, 7) is 1.92. The number of aliphatic hydroxyl groups is 2. The van der Waals surface area contributed by atoms with Crippen molar-refractivity contribution in [2.75, 3.05) is 6.61 Å². The molecule has 0 aliphatic carbocycles. The molecule has 0 aromatic heterocycles. The fourth-order valence-electron chi connectivity index (χ4n) is 0.874. The third-order valence-electron chi connectivity index (χ3n) is 1.60. The molecule has 3 atom stereocenters. The number of hydrogen-bond acceptors (Lipinski definition) is 3. The highest BCUT2D eigenvalue weighted by molar-refractivity contribution is 4.89. The molecule has 3 heteroatoms. The fourth-order valence-corrected chi connectivity index (χ4v) is 0.874. The van der Waals surface area contributed by atoms with Gasteiger partial charge in [-0.3, -0.25) is 0 Å². The van der Waals surface area contributed by atoms with E-state index in [-0.39, 0.29) is 24.9 Å². The van der Waals surface area contributed by atoms with Gasteiger partial charge in [0.25, 0.3) is 0 Å². The Bertz CT molecular complexity index is 94.3. The summed E-state index contributed by atoms with van der Waals surface area (Å²) in [5.74, 6) is 0. The molecule has 2 N–H and O–H groups in total. The predicted molar refractivity (Wildman–Crippen MR) is 32.0 cm³/mol. The van der Waals surface area contributed by atoms with Gasteiger partial charge in [0.2, 0.25) is 0 Å². The number of epoxide rings is 1. The van der Waals surface area contributed by atoms with Crippen LogP contribution in [0.5, 0.6) is 0 Å². The van der Waals surface area contributed by atoms with Crippen molar-refractivity contribution in [1.29, 1.82) is 0 Å². The van der Waals surface area contributed by atoms with Crippen molar-refractivity contribution in [2.24, 2.45) is 0 Å². The van der Waals surface area contributed by atoms with E-state index in [1.165, 1.54) is 0 Å². The van der Waals surface area contributed by atoms with Crippen molar-refractivity contribution in [3.63, 3.8) is 0 Å². The molecule has 0 spiro atoms. The van der Waals surface area contributed by atoms with E-state index >= 15 is 0 Å². The lowest BCUT2D eigenvalue weighted by Crippen LogP contribution is -2.16. The van der Waals surface area contributed by atoms with E-state index in [1.54, 1.807) is 0 Å². The second-order valence-corrected chi connectivity index (χ2v) is 2.30. The summed E-state index contributed by atoms with van der Waals surface area (Å²) in [5, 5.41) is 17.5. The van der Waals surface area contributed by atoms with Crippen molar-refractivity contribution >= 4 is 0 Å². The van der Waals surface area contributed by atoms with Crippen LogP contribution >= 0.6 is 0 Å². The molecule has 1 fully saturated rings. The van der Waals surface area contributed by atoms with Gasteiger partial charge in [-0.1, -0.05) is 6.92 Å². The first-order valence-electron chi connectivity index (χ1n) is 3.24. The van der Waals surface area contributed by atoms with Crippen LogP contribution in [0.3, 0.4) is 0 Å². The van der Waals surface area contributed by atoms with Crippen molar-refractivity contribution in [2.45, 2.75) is 31.7 Å². The van der Waals surface area contributed by atoms with E-state index in [2.05, 4.69) is 0 Å². The summed E-state index contributed by atoms with van der Waals surface area (Å²) in [6, 6.07) is 0. The average Bonchev–Trinajstić information content (AvgIpc) is 2.64. The van der Waals surface area contributed by atoms with Crippen molar-refractivity contribution in [3.8, 4) is 0 Å². The molecular formula is C6H12O3. The Labute approximate surface area is 54.3 Å². The van der Waals surface area contributed by atoms with Crippen LogP contribution in [-0.2, 0) is 4.74 Å². The molecule has 1 aliphatic heterocycles. The highest BCUT2D eigenvalue weighted by Gasteiger charge is 2.42. The van der Waals surface area contributed by atoms with Gasteiger partial charge in [0.1, 0.15) is 12.2 Å². The first-order valence-corrected chi connectivity index (χ1v) is 3.24. The molecule has 0 radical (unpaired) electrons. The second-order valence-electron chi connectivity index (χ2n) is 2.30. The highest BCUT2D eigenvalue weighted by Crippen LogP contribution is 2.25. The largest absolute Gasteiger partial charge is 0.394 e. The third-order valence-corrected chi connectivity index (χ3v) is 1.60. The van der Waals surface area contributed by atoms with Crippen LogP contribution in [-0.4, -0.2) is 35.1 Å². The monoisotopic (exact) mass is 132 g/mol. The van der Waals surface area contributed by atoms with E-state index in [0.717, 1.165) is 0 Å². The summed E-state index contributed by atoms with van der Waals surface area (Å²) >= 11 is 0. The minimum atomic E-state index is -0.387. The van der Waals surface area contributed by atoms with Crippen LogP contribution in [0, 0.1) is 0 Å². The third kappa shape index (κ3) is 1.41. The zero-order valence-corrected chi connectivity index (χ0v) is 5.45. The van der Waals surface area contributed by atoms with Crippen LogP contribution in [0.15, 0.2) is 0 Å². The van der Waals surface area contributed by atoms with Crippen molar-refractivity contribution < 1.29 is 14.9 Å². The Morgan fingerprint density at radius 1 is 1.67 bits per heavy atom. The molecule has 1 saturated heterocycles. The molecule has 1 heterocycles. The van der Waals surface area contributed by atoms with E-state index in [4.69, 9.17) is 14.9 Å². The van der Waals surface area contributed by atoms with Gasteiger partial charge < -0.3 is 14.9 Å². The highest BCUT2D eigenvalue weighted by atomic mass is 16.6. The first-order chi connectivity index (χ1) is 4.29. The maximum absolute atomic E-state index is 9.06. The number of rotatable bonds is 3. The van der Waals surface area contributed by atoms with Gasteiger partial charge in [-0.25, -0.2) is 0 Å². The first kappa shape index (κ1) is 6.99. The molecule has 0 bridgehead atoms. The van der Waals surface area contributed by atoms with Crippen molar-refractivity contribution in [3.05, 3.63) is 0 Å². The van der Waals surface area contributed by atoms with Crippen LogP contribution < -0.4 is 0 Å². The summed E-state index contributed by atoms with van der Waals surface area (Å²) in [4.78, 5) is 0. The summed E-state index contributed by atoms with van der Waals surface area (Å²) < 4.78 is 4.92. The second kappa shape index (κ2) is 2.64. The van der Waals surface area contributed by atoms with Crippen molar-refractivity contribution in [1.82, 2.24) is 0 Å². The molecule has 0 saturated carbocycles. The molecule has 1 aliphatic rings. The van der Waals surface area contributed by atoms with E-state index in [1.807, 2.05) is 6.92 Å². The number of hydrogen-bond donors (Lipinski definition) is 2. The van der Waals surface area contributed by atoms with Gasteiger partial charge in [0.15, 0.2) is 0 Å². The Hall–Kier alpha value is -0.120. The van der Waals surface area contributed by atoms with Gasteiger partial charge in [-0.15, -0.1) is 0 Å². The minimum absolute atomic E-state index is 0.0295. The maximum atomic E-state index is 9.06. The van der Waals surface area contributed by atoms with Crippen LogP contribution in [0.1, 0.15) is 13.3 Å². The molecule has 0 amide bonds. The standard InChI is InChI=1S/C6H12O3/c1-2-4(8)6-5(3-7)9-6/h4-8H,2-3H2,1H3. The van der Waals surface area contributed by atoms with Crippen LogP contribution in [0.4, 0.5) is 0 Å². The van der Waals surface area contributed by atoms with Gasteiger partial charge in [-0.2, -0.15) is 0 Å². The molecule has 0 aromatic rings. The Morgan fingerprint density at radius 3 is 2.67 bits per heavy atom. The van der Waals surface area contributed by atoms with E-state index < -0.39 is 0 Å². The molecule has 3 nitrogen and oxygen atoms in total. The normalized spacial score (nSPS) is 36.3. The lowest BCUT2D eigenvalue weighted by molar-refractivity contribution is 0.131. The maximum Gasteiger partial charge on any atom is 0.112 e. The molecule has 0 aromatic carbocycles. The summed E-state index contributed by atoms with van der Waals surface area (Å²) in [6.07, 6.45) is 0.114. The van der Waals surface area contributed by atoms with Gasteiger partial charge in [-0.05, 0) is 6.42 Å². The minimum Gasteiger partial charge on any atom is -0.394 e. The SMILES string of the molecule is CCC(O)C1OC1CO. The van der Waals surface area contributed by atoms with E-state index in [0.29, 0.717) is 6.42 Å². The lowest BCUT2D eigenvalue weighted by Gasteiger charge is -1.99. The fraction of sp³-hybridized carbons (Fsp3) is 1.00. The van der Waals surface area contributed by atoms with E-state index in [9.17, 15) is 0 Å². The molecular weight excluding hydrogens is 120 g/mol. The predicted octanol–water partition coefficient (Wildman–Crippen LogP) is -0.483. The quantitative estimate of drug-likeness (QED) is 0.510. The average molecular weight is 132 g/mol. The van der Waals surface area contributed by atoms with Crippen LogP contribution in [0.2, 0.25) is 0 Å². The molecule has 1 rings (SSSR count). The molecule has 9 heavy (non-hydrogen) atoms. The van der Waals surface area contributed by atoms with Gasteiger partial charge >= 0.3 is 0 Å². The van der Waals surface area contributed by atoms with Gasteiger partial charge in [0, 0.05) is 0 Å². The Balaban J connectivity index is 2.17. The summed E-state index contributed by atoms with van der Waals surface area (Å²) in [5.41, 5.74) is 0. The van der Waals surface area contributed by atoms with Gasteiger partial charge in [0.05, 0.1) is 12.7 Å². The number of ether oxygens (including phenoxy) is 1. The lowest BCUT2D eigenvalue weighted by atomic mass is 10.1.